The third-order valence-corrected chi connectivity index (χ3v) is 2.33. The number of piperidine rings is 1. The van der Waals surface area contributed by atoms with Crippen LogP contribution in [0.5, 0.6) is 0 Å². The quantitative estimate of drug-likeness (QED) is 0.624. The van der Waals surface area contributed by atoms with Crippen molar-refractivity contribution in [3.05, 3.63) is 0 Å². The van der Waals surface area contributed by atoms with Crippen molar-refractivity contribution in [3.63, 3.8) is 0 Å². The maximum absolute atomic E-state index is 3.37. The first-order chi connectivity index (χ1) is 4.30. The summed E-state index contributed by atoms with van der Waals surface area (Å²) in [6.07, 6.45) is 2.77. The molecule has 1 heterocycles. The first-order valence-corrected chi connectivity index (χ1v) is 4.01. The lowest BCUT2D eigenvalue weighted by Gasteiger charge is -2.25. The maximum atomic E-state index is 3.37. The largest absolute Gasteiger partial charge is 0.317 e. The predicted molar refractivity (Wildman–Crippen MR) is 47.7 cm³/mol. The van der Waals surface area contributed by atoms with Gasteiger partial charge in [0.25, 0.3) is 0 Å². The zero-order valence-corrected chi connectivity index (χ0v) is 7.71. The highest BCUT2D eigenvalue weighted by Crippen LogP contribution is 2.20. The summed E-state index contributed by atoms with van der Waals surface area (Å²) in [6, 6.07) is 0. The lowest BCUT2D eigenvalue weighted by molar-refractivity contribution is 0.292. The highest BCUT2D eigenvalue weighted by atomic mass is 35.5. The molecule has 0 bridgehead atoms. The van der Waals surface area contributed by atoms with E-state index in [4.69, 9.17) is 0 Å². The van der Waals surface area contributed by atoms with E-state index in [1.165, 1.54) is 25.9 Å². The molecule has 0 aromatic carbocycles. The van der Waals surface area contributed by atoms with Crippen molar-refractivity contribution >= 4 is 12.4 Å². The number of hydrogen-bond acceptors (Lipinski definition) is 1. The fourth-order valence-electron chi connectivity index (χ4n) is 1.51. The van der Waals surface area contributed by atoms with Gasteiger partial charge in [-0.1, -0.05) is 13.8 Å². The van der Waals surface area contributed by atoms with Crippen LogP contribution < -0.4 is 5.32 Å². The molecule has 0 saturated carbocycles. The third kappa shape index (κ3) is 2.89. The molecular weight excluding hydrogens is 146 g/mol. The smallest absolute Gasteiger partial charge is 0.00462 e. The molecule has 0 amide bonds. The van der Waals surface area contributed by atoms with Crippen molar-refractivity contribution in [1.29, 1.82) is 0 Å². The molecule has 0 aliphatic carbocycles. The number of rotatable bonds is 1. The first-order valence-electron chi connectivity index (χ1n) is 4.01. The summed E-state index contributed by atoms with van der Waals surface area (Å²) in [5, 5.41) is 3.37. The molecule has 1 aliphatic heterocycles. The van der Waals surface area contributed by atoms with Crippen molar-refractivity contribution in [3.8, 4) is 0 Å². The SMILES string of the molecule is CC(C)C1CCNCC1.Cl. The summed E-state index contributed by atoms with van der Waals surface area (Å²) < 4.78 is 0. The van der Waals surface area contributed by atoms with Gasteiger partial charge in [-0.05, 0) is 37.8 Å². The number of halogens is 1. The van der Waals surface area contributed by atoms with E-state index in [2.05, 4.69) is 19.2 Å². The summed E-state index contributed by atoms with van der Waals surface area (Å²) in [4.78, 5) is 0. The Balaban J connectivity index is 0.000000810. The summed E-state index contributed by atoms with van der Waals surface area (Å²) >= 11 is 0. The Labute approximate surface area is 70.0 Å². The molecule has 0 aromatic heterocycles. The van der Waals surface area contributed by atoms with Gasteiger partial charge in [0.1, 0.15) is 0 Å². The van der Waals surface area contributed by atoms with Gasteiger partial charge in [0.2, 0.25) is 0 Å². The van der Waals surface area contributed by atoms with Gasteiger partial charge in [-0.25, -0.2) is 0 Å². The molecule has 1 nitrogen and oxygen atoms in total. The average molecular weight is 164 g/mol. The Kier molecular flexibility index (Phi) is 5.10. The van der Waals surface area contributed by atoms with Gasteiger partial charge < -0.3 is 5.32 Å². The Hall–Kier alpha value is 0.250. The molecule has 1 rings (SSSR count). The van der Waals surface area contributed by atoms with Crippen LogP contribution in [0, 0.1) is 11.8 Å². The van der Waals surface area contributed by atoms with Crippen molar-refractivity contribution in [2.24, 2.45) is 11.8 Å². The minimum Gasteiger partial charge on any atom is -0.317 e. The van der Waals surface area contributed by atoms with E-state index in [9.17, 15) is 0 Å². The molecule has 0 unspecified atom stereocenters. The Bertz CT molecular complexity index is 77.3. The van der Waals surface area contributed by atoms with E-state index >= 15 is 0 Å². The van der Waals surface area contributed by atoms with E-state index in [0.29, 0.717) is 0 Å². The van der Waals surface area contributed by atoms with Crippen molar-refractivity contribution < 1.29 is 0 Å². The molecule has 0 radical (unpaired) electrons. The zero-order valence-electron chi connectivity index (χ0n) is 6.89. The predicted octanol–water partition coefficient (Wildman–Crippen LogP) is 2.06. The fourth-order valence-corrected chi connectivity index (χ4v) is 1.51. The second-order valence-corrected chi connectivity index (χ2v) is 3.33. The van der Waals surface area contributed by atoms with Crippen LogP contribution in [0.15, 0.2) is 0 Å². The minimum atomic E-state index is 0. The highest BCUT2D eigenvalue weighted by Gasteiger charge is 2.15. The van der Waals surface area contributed by atoms with Crippen molar-refractivity contribution in [1.82, 2.24) is 5.32 Å². The van der Waals surface area contributed by atoms with Crippen LogP contribution in [0.4, 0.5) is 0 Å². The molecule has 1 saturated heterocycles. The topological polar surface area (TPSA) is 12.0 Å². The summed E-state index contributed by atoms with van der Waals surface area (Å²) in [5.74, 6) is 1.89. The summed E-state index contributed by atoms with van der Waals surface area (Å²) in [5.41, 5.74) is 0. The Morgan fingerprint density at radius 2 is 1.70 bits per heavy atom. The van der Waals surface area contributed by atoms with Crippen LogP contribution in [0.2, 0.25) is 0 Å². The van der Waals surface area contributed by atoms with Gasteiger partial charge in [-0.3, -0.25) is 0 Å². The molecule has 2 heteroatoms. The molecule has 62 valence electrons. The Morgan fingerprint density at radius 1 is 1.20 bits per heavy atom. The van der Waals surface area contributed by atoms with Gasteiger partial charge >= 0.3 is 0 Å². The monoisotopic (exact) mass is 163 g/mol. The van der Waals surface area contributed by atoms with Gasteiger partial charge in [0.15, 0.2) is 0 Å². The van der Waals surface area contributed by atoms with Gasteiger partial charge in [-0.15, -0.1) is 12.4 Å². The highest BCUT2D eigenvalue weighted by molar-refractivity contribution is 5.85. The maximum Gasteiger partial charge on any atom is -0.00462 e. The zero-order chi connectivity index (χ0) is 6.69. The van der Waals surface area contributed by atoms with Crippen LogP contribution in [0.1, 0.15) is 26.7 Å². The second kappa shape index (κ2) is 4.97. The van der Waals surface area contributed by atoms with Crippen LogP contribution >= 0.6 is 12.4 Å². The summed E-state index contributed by atoms with van der Waals surface area (Å²) in [7, 11) is 0. The van der Waals surface area contributed by atoms with E-state index in [1.807, 2.05) is 0 Å². The second-order valence-electron chi connectivity index (χ2n) is 3.33. The molecule has 10 heavy (non-hydrogen) atoms. The van der Waals surface area contributed by atoms with E-state index in [1.54, 1.807) is 0 Å². The van der Waals surface area contributed by atoms with E-state index in [0.717, 1.165) is 11.8 Å². The van der Waals surface area contributed by atoms with Crippen LogP contribution in [-0.2, 0) is 0 Å². The van der Waals surface area contributed by atoms with Crippen molar-refractivity contribution in [2.45, 2.75) is 26.7 Å². The van der Waals surface area contributed by atoms with E-state index in [-0.39, 0.29) is 12.4 Å². The lowest BCUT2D eigenvalue weighted by Crippen LogP contribution is -2.29. The molecule has 0 aromatic rings. The minimum absolute atomic E-state index is 0. The third-order valence-electron chi connectivity index (χ3n) is 2.33. The fraction of sp³-hybridized carbons (Fsp3) is 1.00. The standard InChI is InChI=1S/C8H17N.ClH/c1-7(2)8-3-5-9-6-4-8;/h7-9H,3-6H2,1-2H3;1H. The van der Waals surface area contributed by atoms with Crippen LogP contribution in [0.3, 0.4) is 0 Å². The lowest BCUT2D eigenvalue weighted by atomic mass is 9.87. The van der Waals surface area contributed by atoms with Gasteiger partial charge in [0.05, 0.1) is 0 Å². The molecule has 1 aliphatic rings. The molecule has 0 atom stereocenters. The number of hydrogen-bond donors (Lipinski definition) is 1. The Morgan fingerprint density at radius 3 is 2.00 bits per heavy atom. The summed E-state index contributed by atoms with van der Waals surface area (Å²) in [6.45, 7) is 7.14. The molecular formula is C8H18ClN. The average Bonchev–Trinajstić information content (AvgIpc) is 1.90. The van der Waals surface area contributed by atoms with Crippen LogP contribution in [0.25, 0.3) is 0 Å². The molecule has 0 spiro atoms. The van der Waals surface area contributed by atoms with Crippen molar-refractivity contribution in [2.75, 3.05) is 13.1 Å². The van der Waals surface area contributed by atoms with Gasteiger partial charge in [0, 0.05) is 0 Å². The van der Waals surface area contributed by atoms with Gasteiger partial charge in [-0.2, -0.15) is 0 Å². The number of nitrogens with one attached hydrogen (secondary N) is 1. The van der Waals surface area contributed by atoms with E-state index < -0.39 is 0 Å². The van der Waals surface area contributed by atoms with Crippen LogP contribution in [-0.4, -0.2) is 13.1 Å². The normalized spacial score (nSPS) is 20.7. The molecule has 1 fully saturated rings. The first kappa shape index (κ1) is 10.2. The molecule has 1 N–H and O–H groups in total.